The number of amides is 1. The van der Waals surface area contributed by atoms with Gasteiger partial charge in [-0.15, -0.1) is 11.6 Å². The molecule has 1 atom stereocenters. The average Bonchev–Trinajstić information content (AvgIpc) is 2.67. The summed E-state index contributed by atoms with van der Waals surface area (Å²) in [4.78, 5) is 16.1. The van der Waals surface area contributed by atoms with Gasteiger partial charge < -0.3 is 10.3 Å². The molecule has 0 saturated carbocycles. The zero-order valence-corrected chi connectivity index (χ0v) is 13.9. The third kappa shape index (κ3) is 2.63. The third-order valence-corrected chi connectivity index (χ3v) is 4.19. The van der Waals surface area contributed by atoms with E-state index in [0.717, 1.165) is 0 Å². The summed E-state index contributed by atoms with van der Waals surface area (Å²) in [5, 5.41) is 0. The Kier molecular flexibility index (Phi) is 4.53. The van der Waals surface area contributed by atoms with Crippen LogP contribution in [0.25, 0.3) is 11.0 Å². The van der Waals surface area contributed by atoms with Gasteiger partial charge in [0.2, 0.25) is 5.91 Å². The first-order valence-corrected chi connectivity index (χ1v) is 7.69. The number of benzene rings is 1. The molecule has 1 aromatic heterocycles. The molecule has 1 heterocycles. The van der Waals surface area contributed by atoms with Gasteiger partial charge in [-0.2, -0.15) is 0 Å². The zero-order valence-electron chi connectivity index (χ0n) is 11.0. The number of hydrogen-bond acceptors (Lipinski definition) is 2. The van der Waals surface area contributed by atoms with Crippen LogP contribution in [0.4, 0.5) is 4.39 Å². The van der Waals surface area contributed by atoms with Crippen LogP contribution in [0.15, 0.2) is 12.1 Å². The van der Waals surface area contributed by atoms with Crippen molar-refractivity contribution in [2.24, 2.45) is 11.7 Å². The molecule has 0 bridgehead atoms. The van der Waals surface area contributed by atoms with E-state index >= 15 is 0 Å². The monoisotopic (exact) mass is 409 g/mol. The number of primary amides is 1. The van der Waals surface area contributed by atoms with E-state index in [-0.39, 0.29) is 17.6 Å². The number of carbonyl (C=O) groups excluding carboxylic acids is 1. The predicted octanol–water partition coefficient (Wildman–Crippen LogP) is 3.20. The van der Waals surface area contributed by atoms with E-state index < -0.39 is 11.9 Å². The van der Waals surface area contributed by atoms with Gasteiger partial charge >= 0.3 is 0 Å². The van der Waals surface area contributed by atoms with Crippen LogP contribution in [0.2, 0.25) is 0 Å². The molecule has 0 aliphatic carbocycles. The smallest absolute Gasteiger partial charge is 0.240 e. The Balaban J connectivity index is 2.78. The number of halogens is 3. The molecule has 2 aromatic rings. The number of aromatic nitrogens is 2. The van der Waals surface area contributed by atoms with Crippen LogP contribution in [-0.4, -0.2) is 15.5 Å². The molecule has 20 heavy (non-hydrogen) atoms. The van der Waals surface area contributed by atoms with Crippen molar-refractivity contribution < 1.29 is 9.18 Å². The summed E-state index contributed by atoms with van der Waals surface area (Å²) in [7, 11) is 0. The van der Waals surface area contributed by atoms with E-state index in [1.807, 2.05) is 36.4 Å². The topological polar surface area (TPSA) is 60.9 Å². The van der Waals surface area contributed by atoms with Crippen LogP contribution in [0, 0.1) is 15.3 Å². The van der Waals surface area contributed by atoms with Crippen LogP contribution >= 0.6 is 34.2 Å². The lowest BCUT2D eigenvalue weighted by molar-refractivity contribution is -0.122. The highest BCUT2D eigenvalue weighted by atomic mass is 127. The molecule has 1 amide bonds. The number of nitrogens with two attached hydrogens (primary N) is 1. The number of fused-ring (bicyclic) bond motifs is 1. The van der Waals surface area contributed by atoms with Gasteiger partial charge in [-0.1, -0.05) is 13.8 Å². The maximum absolute atomic E-state index is 13.8. The van der Waals surface area contributed by atoms with E-state index in [2.05, 4.69) is 4.98 Å². The normalized spacial score (nSPS) is 13.1. The largest absolute Gasteiger partial charge is 0.368 e. The second-order valence-corrected chi connectivity index (χ2v) is 6.31. The van der Waals surface area contributed by atoms with Gasteiger partial charge in [0.15, 0.2) is 0 Å². The summed E-state index contributed by atoms with van der Waals surface area (Å²) in [6.07, 6.45) is 0. The molecule has 4 nitrogen and oxygen atoms in total. The fourth-order valence-electron chi connectivity index (χ4n) is 2.30. The minimum Gasteiger partial charge on any atom is -0.368 e. The predicted molar refractivity (Wildman–Crippen MR) is 85.0 cm³/mol. The zero-order chi connectivity index (χ0) is 15.0. The van der Waals surface area contributed by atoms with Crippen LogP contribution < -0.4 is 5.73 Å². The molecule has 0 aliphatic rings. The van der Waals surface area contributed by atoms with Crippen molar-refractivity contribution in [2.75, 3.05) is 0 Å². The van der Waals surface area contributed by atoms with Gasteiger partial charge in [-0.05, 0) is 34.6 Å². The number of alkyl halides is 1. The first-order chi connectivity index (χ1) is 9.36. The van der Waals surface area contributed by atoms with Crippen molar-refractivity contribution in [2.45, 2.75) is 25.8 Å². The van der Waals surface area contributed by atoms with E-state index in [0.29, 0.717) is 20.4 Å². The minimum atomic E-state index is -0.604. The van der Waals surface area contributed by atoms with Gasteiger partial charge in [0.05, 0.1) is 20.5 Å². The van der Waals surface area contributed by atoms with Crippen molar-refractivity contribution in [3.05, 3.63) is 27.3 Å². The number of nitrogens with zero attached hydrogens (tertiary/aromatic N) is 2. The fourth-order valence-corrected chi connectivity index (χ4v) is 2.94. The molecule has 0 aliphatic heterocycles. The number of rotatable bonds is 4. The van der Waals surface area contributed by atoms with Gasteiger partial charge in [-0.3, -0.25) is 4.79 Å². The third-order valence-electron chi connectivity index (χ3n) is 3.13. The van der Waals surface area contributed by atoms with Crippen LogP contribution in [0.3, 0.4) is 0 Å². The highest BCUT2D eigenvalue weighted by Crippen LogP contribution is 2.29. The molecule has 108 valence electrons. The molecule has 0 fully saturated rings. The summed E-state index contributed by atoms with van der Waals surface area (Å²) < 4.78 is 15.9. The van der Waals surface area contributed by atoms with Crippen molar-refractivity contribution in [3.8, 4) is 0 Å². The maximum Gasteiger partial charge on any atom is 0.240 e. The highest BCUT2D eigenvalue weighted by molar-refractivity contribution is 14.1. The second kappa shape index (κ2) is 5.85. The Morgan fingerprint density at radius 2 is 2.20 bits per heavy atom. The van der Waals surface area contributed by atoms with Gasteiger partial charge in [0, 0.05) is 6.07 Å². The second-order valence-electron chi connectivity index (χ2n) is 4.88. The number of hydrogen-bond donors (Lipinski definition) is 1. The summed E-state index contributed by atoms with van der Waals surface area (Å²) >= 11 is 7.81. The van der Waals surface area contributed by atoms with Crippen LogP contribution in [0.1, 0.15) is 25.7 Å². The maximum atomic E-state index is 13.8. The first kappa shape index (κ1) is 15.5. The van der Waals surface area contributed by atoms with Crippen LogP contribution in [0.5, 0.6) is 0 Å². The fraction of sp³-hybridized carbons (Fsp3) is 0.385. The summed E-state index contributed by atoms with van der Waals surface area (Å²) in [6, 6.07) is 2.41. The molecule has 0 radical (unpaired) electrons. The van der Waals surface area contributed by atoms with Gasteiger partial charge in [0.1, 0.15) is 17.7 Å². The van der Waals surface area contributed by atoms with Gasteiger partial charge in [-0.25, -0.2) is 9.37 Å². The summed E-state index contributed by atoms with van der Waals surface area (Å²) in [5.41, 5.74) is 6.63. The molecule has 1 aromatic carbocycles. The highest BCUT2D eigenvalue weighted by Gasteiger charge is 2.26. The lowest BCUT2D eigenvalue weighted by Gasteiger charge is -2.21. The molecule has 2 rings (SSSR count). The minimum absolute atomic E-state index is 0.0470. The molecular weight excluding hydrogens is 396 g/mol. The standard InChI is InChI=1S/C13H14ClFIN3O/c1-6(2)12(13(17)20)19-10-3-7(15)8(16)4-9(10)18-11(19)5-14/h3-4,6,12H,5H2,1-2H3,(H2,17,20). The van der Waals surface area contributed by atoms with Gasteiger partial charge in [0.25, 0.3) is 0 Å². The van der Waals surface area contributed by atoms with E-state index in [1.54, 1.807) is 10.6 Å². The quantitative estimate of drug-likeness (QED) is 0.623. The Labute approximate surface area is 134 Å². The summed E-state index contributed by atoms with van der Waals surface area (Å²) in [6.45, 7) is 3.75. The Bertz CT molecular complexity index is 671. The number of imidazole rings is 1. The van der Waals surface area contributed by atoms with E-state index in [1.165, 1.54) is 6.07 Å². The summed E-state index contributed by atoms with van der Waals surface area (Å²) in [5.74, 6) is -0.240. The molecule has 2 N–H and O–H groups in total. The SMILES string of the molecule is CC(C)C(C(N)=O)n1c(CCl)nc2cc(I)c(F)cc21. The van der Waals surface area contributed by atoms with Crippen LogP contribution in [-0.2, 0) is 10.7 Å². The lowest BCUT2D eigenvalue weighted by atomic mass is 10.0. The molecule has 0 saturated heterocycles. The molecule has 0 spiro atoms. The Morgan fingerprint density at radius 3 is 2.70 bits per heavy atom. The number of carbonyl (C=O) groups is 1. The van der Waals surface area contributed by atoms with Crippen molar-refractivity contribution in [3.63, 3.8) is 0 Å². The first-order valence-electron chi connectivity index (χ1n) is 6.08. The van der Waals surface area contributed by atoms with Crippen molar-refractivity contribution in [1.29, 1.82) is 0 Å². The van der Waals surface area contributed by atoms with Crippen molar-refractivity contribution in [1.82, 2.24) is 9.55 Å². The van der Waals surface area contributed by atoms with E-state index in [9.17, 15) is 9.18 Å². The molecular formula is C13H14ClFIN3O. The average molecular weight is 410 g/mol. The Morgan fingerprint density at radius 1 is 1.55 bits per heavy atom. The molecule has 7 heteroatoms. The van der Waals surface area contributed by atoms with Crippen molar-refractivity contribution >= 4 is 51.1 Å². The van der Waals surface area contributed by atoms with E-state index in [4.69, 9.17) is 17.3 Å². The lowest BCUT2D eigenvalue weighted by Crippen LogP contribution is -2.31. The molecule has 1 unspecified atom stereocenters. The Hall–Kier alpha value is -0.890.